The van der Waals surface area contributed by atoms with E-state index in [-0.39, 0.29) is 5.78 Å². The molecule has 31 heavy (non-hydrogen) atoms. The Bertz CT molecular complexity index is 1020. The first-order chi connectivity index (χ1) is 15.0. The molecule has 5 heteroatoms. The molecule has 0 aliphatic heterocycles. The van der Waals surface area contributed by atoms with Crippen LogP contribution in [0.3, 0.4) is 0 Å². The van der Waals surface area contributed by atoms with E-state index in [1.165, 1.54) is 0 Å². The maximum atomic E-state index is 12.6. The lowest BCUT2D eigenvalue weighted by Gasteiger charge is -2.21. The van der Waals surface area contributed by atoms with Crippen molar-refractivity contribution in [1.82, 2.24) is 9.47 Å². The number of ether oxygens (including phenoxy) is 1. The molecule has 3 rings (SSSR count). The molecular weight excluding hydrogens is 388 g/mol. The van der Waals surface area contributed by atoms with Crippen LogP contribution in [-0.2, 0) is 6.54 Å². The second kappa shape index (κ2) is 10.9. The number of allylic oxidation sites excluding steroid dienone is 1. The number of hydrogen-bond acceptors (Lipinski definition) is 4. The zero-order valence-corrected chi connectivity index (χ0v) is 18.6. The van der Waals surface area contributed by atoms with Gasteiger partial charge in [-0.3, -0.25) is 4.79 Å². The zero-order valence-electron chi connectivity index (χ0n) is 18.6. The lowest BCUT2D eigenvalue weighted by Crippen LogP contribution is -2.32. The predicted octanol–water partition coefficient (Wildman–Crippen LogP) is 4.64. The first-order valence-corrected chi connectivity index (χ1v) is 10.8. The quantitative estimate of drug-likeness (QED) is 0.363. The number of aromatic nitrogens is 1. The van der Waals surface area contributed by atoms with Gasteiger partial charge in [0.2, 0.25) is 0 Å². The molecule has 1 N–H and O–H groups in total. The largest absolute Gasteiger partial charge is 0.497 e. The predicted molar refractivity (Wildman–Crippen MR) is 127 cm³/mol. The summed E-state index contributed by atoms with van der Waals surface area (Å²) in [5.74, 6) is 0.666. The van der Waals surface area contributed by atoms with Crippen molar-refractivity contribution >= 4 is 22.8 Å². The zero-order chi connectivity index (χ0) is 22.2. The number of hydrogen-bond donors (Lipinski definition) is 1. The highest BCUT2D eigenvalue weighted by atomic mass is 16.5. The molecule has 5 nitrogen and oxygen atoms in total. The lowest BCUT2D eigenvalue weighted by atomic mass is 10.1. The monoisotopic (exact) mass is 420 g/mol. The molecule has 0 unspecified atom stereocenters. The van der Waals surface area contributed by atoms with Crippen molar-refractivity contribution in [2.45, 2.75) is 32.4 Å². The summed E-state index contributed by atoms with van der Waals surface area (Å²) < 4.78 is 7.22. The molecule has 0 radical (unpaired) electrons. The number of fused-ring (bicyclic) bond motifs is 1. The fourth-order valence-electron chi connectivity index (χ4n) is 3.74. The van der Waals surface area contributed by atoms with Crippen LogP contribution in [0.4, 0.5) is 0 Å². The van der Waals surface area contributed by atoms with E-state index >= 15 is 0 Å². The maximum absolute atomic E-state index is 12.6. The van der Waals surface area contributed by atoms with E-state index in [0.29, 0.717) is 18.7 Å². The van der Waals surface area contributed by atoms with E-state index in [4.69, 9.17) is 4.74 Å². The van der Waals surface area contributed by atoms with Gasteiger partial charge >= 0.3 is 0 Å². The first kappa shape index (κ1) is 22.8. The highest BCUT2D eigenvalue weighted by molar-refractivity contribution is 6.07. The number of aliphatic hydroxyl groups excluding tert-OH is 1. The van der Waals surface area contributed by atoms with E-state index < -0.39 is 6.10 Å². The molecule has 0 saturated heterocycles. The van der Waals surface area contributed by atoms with Crippen LogP contribution >= 0.6 is 0 Å². The molecule has 0 aliphatic carbocycles. The third kappa shape index (κ3) is 6.06. The fraction of sp³-hybridized carbons (Fsp3) is 0.346. The molecule has 3 aromatic rings. The van der Waals surface area contributed by atoms with Crippen molar-refractivity contribution in [3.05, 3.63) is 71.9 Å². The Labute approximate surface area is 184 Å². The van der Waals surface area contributed by atoms with E-state index in [2.05, 4.69) is 16.4 Å². The molecule has 0 bridgehead atoms. The molecule has 164 valence electrons. The number of benzene rings is 2. The second-order valence-electron chi connectivity index (χ2n) is 7.95. The molecule has 1 atom stereocenters. The number of para-hydroxylation sites is 1. The average molecular weight is 421 g/mol. The SMILES string of the molecule is CCCCN(C)C[C@H](O)Cn1cc(/C=C\C(=O)c2ccc(OC)cc2)c2ccccc21. The van der Waals surface area contributed by atoms with Crippen LogP contribution in [0, 0.1) is 0 Å². The van der Waals surface area contributed by atoms with Crippen molar-refractivity contribution < 1.29 is 14.6 Å². The van der Waals surface area contributed by atoms with Crippen LogP contribution in [0.1, 0.15) is 35.7 Å². The summed E-state index contributed by atoms with van der Waals surface area (Å²) in [4.78, 5) is 14.7. The summed E-state index contributed by atoms with van der Waals surface area (Å²) in [6, 6.07) is 15.2. The minimum Gasteiger partial charge on any atom is -0.497 e. The molecule has 0 aliphatic rings. The summed E-state index contributed by atoms with van der Waals surface area (Å²) in [6.45, 7) is 4.30. The third-order valence-electron chi connectivity index (χ3n) is 5.43. The lowest BCUT2D eigenvalue weighted by molar-refractivity contribution is 0.104. The summed E-state index contributed by atoms with van der Waals surface area (Å²) in [5, 5.41) is 11.7. The average Bonchev–Trinajstić information content (AvgIpc) is 3.13. The highest BCUT2D eigenvalue weighted by Crippen LogP contribution is 2.23. The topological polar surface area (TPSA) is 54.7 Å². The second-order valence-corrected chi connectivity index (χ2v) is 7.95. The Hall–Kier alpha value is -2.89. The highest BCUT2D eigenvalue weighted by Gasteiger charge is 2.13. The number of carbonyl (C=O) groups excluding carboxylic acids is 1. The Morgan fingerprint density at radius 1 is 1.19 bits per heavy atom. The van der Waals surface area contributed by atoms with E-state index in [0.717, 1.165) is 41.6 Å². The van der Waals surface area contributed by atoms with Gasteiger partial charge in [-0.1, -0.05) is 31.5 Å². The summed E-state index contributed by atoms with van der Waals surface area (Å²) in [7, 11) is 3.65. The number of nitrogens with zero attached hydrogens (tertiary/aromatic N) is 2. The number of rotatable bonds is 11. The van der Waals surface area contributed by atoms with Crippen molar-refractivity contribution in [2.75, 3.05) is 27.2 Å². The van der Waals surface area contributed by atoms with Crippen LogP contribution < -0.4 is 4.74 Å². The van der Waals surface area contributed by atoms with Gasteiger partial charge in [-0.25, -0.2) is 0 Å². The summed E-state index contributed by atoms with van der Waals surface area (Å²) in [6.07, 6.45) is 7.28. The number of unbranched alkanes of at least 4 members (excludes halogenated alkanes) is 1. The molecule has 1 aromatic heterocycles. The standard InChI is InChI=1S/C26H32N2O3/c1-4-5-16-27(2)18-22(29)19-28-17-21(24-8-6-7-9-25(24)28)12-15-26(30)20-10-13-23(31-3)14-11-20/h6-15,17,22,29H,4-5,16,18-19H2,1-3H3/b15-12-/t22-/m0/s1. The van der Waals surface area contributed by atoms with Gasteiger partial charge in [-0.2, -0.15) is 0 Å². The smallest absolute Gasteiger partial charge is 0.185 e. The van der Waals surface area contributed by atoms with E-state index in [1.807, 2.05) is 43.6 Å². The summed E-state index contributed by atoms with van der Waals surface area (Å²) in [5.41, 5.74) is 2.63. The van der Waals surface area contributed by atoms with Crippen LogP contribution in [0.2, 0.25) is 0 Å². The van der Waals surface area contributed by atoms with E-state index in [1.54, 1.807) is 37.5 Å². The van der Waals surface area contributed by atoms with Gasteiger partial charge in [0.15, 0.2) is 5.78 Å². The molecule has 0 saturated carbocycles. The van der Waals surface area contributed by atoms with Gasteiger partial charge < -0.3 is 19.3 Å². The van der Waals surface area contributed by atoms with Gasteiger partial charge in [0.05, 0.1) is 13.2 Å². The molecule has 0 fully saturated rings. The number of aliphatic hydroxyl groups is 1. The van der Waals surface area contributed by atoms with Gasteiger partial charge in [-0.05, 0) is 62.5 Å². The van der Waals surface area contributed by atoms with Gasteiger partial charge in [0, 0.05) is 41.3 Å². The number of carbonyl (C=O) groups is 1. The van der Waals surface area contributed by atoms with Crippen molar-refractivity contribution in [1.29, 1.82) is 0 Å². The Morgan fingerprint density at radius 2 is 1.94 bits per heavy atom. The Balaban J connectivity index is 1.75. The normalized spacial score (nSPS) is 12.7. The number of methoxy groups -OCH3 is 1. The number of likely N-dealkylation sites (N-methyl/N-ethyl adjacent to an activating group) is 1. The Morgan fingerprint density at radius 3 is 2.65 bits per heavy atom. The van der Waals surface area contributed by atoms with Crippen LogP contribution in [0.25, 0.3) is 17.0 Å². The number of ketones is 1. The molecule has 0 amide bonds. The fourth-order valence-corrected chi connectivity index (χ4v) is 3.74. The van der Waals surface area contributed by atoms with Crippen molar-refractivity contribution in [3.63, 3.8) is 0 Å². The minimum atomic E-state index is -0.463. The third-order valence-corrected chi connectivity index (χ3v) is 5.43. The van der Waals surface area contributed by atoms with Gasteiger partial charge in [0.1, 0.15) is 5.75 Å². The molecule has 2 aromatic carbocycles. The minimum absolute atomic E-state index is 0.0583. The van der Waals surface area contributed by atoms with Crippen molar-refractivity contribution in [2.24, 2.45) is 0 Å². The summed E-state index contributed by atoms with van der Waals surface area (Å²) >= 11 is 0. The van der Waals surface area contributed by atoms with E-state index in [9.17, 15) is 9.90 Å². The molecular formula is C26H32N2O3. The van der Waals surface area contributed by atoms with Crippen molar-refractivity contribution in [3.8, 4) is 5.75 Å². The van der Waals surface area contributed by atoms with Crippen LogP contribution in [0.5, 0.6) is 5.75 Å². The maximum Gasteiger partial charge on any atom is 0.185 e. The molecule has 0 spiro atoms. The van der Waals surface area contributed by atoms with Crippen LogP contribution in [-0.4, -0.2) is 53.7 Å². The molecule has 1 heterocycles. The van der Waals surface area contributed by atoms with Gasteiger partial charge in [0.25, 0.3) is 0 Å². The van der Waals surface area contributed by atoms with Gasteiger partial charge in [-0.15, -0.1) is 0 Å². The van der Waals surface area contributed by atoms with Crippen LogP contribution in [0.15, 0.2) is 60.8 Å². The first-order valence-electron chi connectivity index (χ1n) is 10.8. The Kier molecular flexibility index (Phi) is 8.04.